The van der Waals surface area contributed by atoms with Crippen molar-refractivity contribution in [2.45, 2.75) is 38.6 Å². The van der Waals surface area contributed by atoms with Crippen LogP contribution in [0.4, 0.5) is 11.5 Å². The zero-order valence-electron chi connectivity index (χ0n) is 15.0. The van der Waals surface area contributed by atoms with Crippen molar-refractivity contribution in [2.75, 3.05) is 5.32 Å². The van der Waals surface area contributed by atoms with E-state index in [1.54, 1.807) is 23.9 Å². The van der Waals surface area contributed by atoms with Crippen LogP contribution in [0, 0.1) is 18.3 Å². The number of pyridine rings is 1. The first-order valence-electron chi connectivity index (χ1n) is 8.93. The Balaban J connectivity index is 1.75. The molecule has 0 atom stereocenters. The second-order valence-electron chi connectivity index (χ2n) is 6.97. The third kappa shape index (κ3) is 2.66. The fourth-order valence-corrected chi connectivity index (χ4v) is 3.86. The molecule has 1 aromatic carbocycles. The Morgan fingerprint density at radius 3 is 2.69 bits per heavy atom. The van der Waals surface area contributed by atoms with Gasteiger partial charge in [0.1, 0.15) is 5.82 Å². The van der Waals surface area contributed by atoms with Gasteiger partial charge in [-0.15, -0.1) is 0 Å². The van der Waals surface area contributed by atoms with Gasteiger partial charge in [0.05, 0.1) is 28.9 Å². The molecule has 6 nitrogen and oxygen atoms in total. The highest BCUT2D eigenvalue weighted by atomic mass is 16.1. The Morgan fingerprint density at radius 1 is 1.23 bits per heavy atom. The predicted molar refractivity (Wildman–Crippen MR) is 102 cm³/mol. The van der Waals surface area contributed by atoms with Gasteiger partial charge in [-0.2, -0.15) is 5.26 Å². The molecule has 2 heterocycles. The lowest BCUT2D eigenvalue weighted by Gasteiger charge is -2.12. The lowest BCUT2D eigenvalue weighted by atomic mass is 10.1. The second-order valence-corrected chi connectivity index (χ2v) is 6.97. The van der Waals surface area contributed by atoms with E-state index in [4.69, 9.17) is 5.26 Å². The van der Waals surface area contributed by atoms with Gasteiger partial charge >= 0.3 is 5.69 Å². The Kier molecular flexibility index (Phi) is 4.00. The molecule has 1 fully saturated rings. The maximum atomic E-state index is 12.7. The van der Waals surface area contributed by atoms with Crippen LogP contribution in [0.3, 0.4) is 0 Å². The van der Waals surface area contributed by atoms with Crippen molar-refractivity contribution in [1.29, 1.82) is 5.26 Å². The van der Waals surface area contributed by atoms with Gasteiger partial charge in [-0.05, 0) is 43.5 Å². The average molecular weight is 347 g/mol. The van der Waals surface area contributed by atoms with Crippen LogP contribution >= 0.6 is 0 Å². The Hall–Kier alpha value is -3.07. The molecule has 0 radical (unpaired) electrons. The quantitative estimate of drug-likeness (QED) is 0.782. The lowest BCUT2D eigenvalue weighted by Crippen LogP contribution is -2.24. The number of hydrogen-bond acceptors (Lipinski definition) is 4. The topological polar surface area (TPSA) is 75.6 Å². The molecule has 1 aliphatic carbocycles. The molecule has 6 heteroatoms. The average Bonchev–Trinajstić information content (AvgIpc) is 3.23. The maximum Gasteiger partial charge on any atom is 0.329 e. The van der Waals surface area contributed by atoms with E-state index in [-0.39, 0.29) is 11.7 Å². The highest BCUT2D eigenvalue weighted by molar-refractivity contribution is 5.79. The molecule has 2 aromatic heterocycles. The van der Waals surface area contributed by atoms with Gasteiger partial charge < -0.3 is 5.32 Å². The molecular weight excluding hydrogens is 326 g/mol. The van der Waals surface area contributed by atoms with E-state index >= 15 is 0 Å². The molecule has 3 aromatic rings. The van der Waals surface area contributed by atoms with Crippen molar-refractivity contribution >= 4 is 22.5 Å². The normalized spacial score (nSPS) is 14.7. The SMILES string of the molecule is Cc1cc(Nc2cc3c(cn2)n(C)c(=O)n3C2CCCC2)ccc1C#N. The molecule has 4 rings (SSSR count). The number of hydrogen-bond donors (Lipinski definition) is 1. The molecule has 0 bridgehead atoms. The van der Waals surface area contributed by atoms with Gasteiger partial charge in [0.15, 0.2) is 0 Å². The van der Waals surface area contributed by atoms with E-state index in [2.05, 4.69) is 16.4 Å². The molecule has 132 valence electrons. The minimum Gasteiger partial charge on any atom is -0.340 e. The number of nitriles is 1. The molecule has 1 aliphatic rings. The zero-order chi connectivity index (χ0) is 18.3. The summed E-state index contributed by atoms with van der Waals surface area (Å²) in [6, 6.07) is 9.99. The van der Waals surface area contributed by atoms with Crippen molar-refractivity contribution in [2.24, 2.45) is 7.05 Å². The number of anilines is 2. The van der Waals surface area contributed by atoms with Crippen LogP contribution < -0.4 is 11.0 Å². The number of fused-ring (bicyclic) bond motifs is 1. The summed E-state index contributed by atoms with van der Waals surface area (Å²) in [5.74, 6) is 0.693. The highest BCUT2D eigenvalue weighted by Crippen LogP contribution is 2.31. The molecule has 26 heavy (non-hydrogen) atoms. The first kappa shape index (κ1) is 16.4. The minimum absolute atomic E-state index is 0.0278. The summed E-state index contributed by atoms with van der Waals surface area (Å²) in [5, 5.41) is 12.4. The van der Waals surface area contributed by atoms with Gasteiger partial charge in [-0.1, -0.05) is 12.8 Å². The zero-order valence-corrected chi connectivity index (χ0v) is 15.0. The third-order valence-corrected chi connectivity index (χ3v) is 5.28. The molecule has 0 amide bonds. The Morgan fingerprint density at radius 2 is 2.00 bits per heavy atom. The second kappa shape index (κ2) is 6.34. The summed E-state index contributed by atoms with van der Waals surface area (Å²) in [6.45, 7) is 1.91. The first-order chi connectivity index (χ1) is 12.6. The summed E-state index contributed by atoms with van der Waals surface area (Å²) in [4.78, 5) is 17.2. The summed E-state index contributed by atoms with van der Waals surface area (Å²) < 4.78 is 3.61. The Labute approximate surface area is 151 Å². The van der Waals surface area contributed by atoms with Crippen LogP contribution in [-0.4, -0.2) is 14.1 Å². The number of aryl methyl sites for hydroxylation is 2. The van der Waals surface area contributed by atoms with E-state index in [1.165, 1.54) is 12.8 Å². The van der Waals surface area contributed by atoms with Gasteiger partial charge in [0, 0.05) is 24.8 Å². The van der Waals surface area contributed by atoms with Crippen LogP contribution in [0.25, 0.3) is 11.0 Å². The van der Waals surface area contributed by atoms with Gasteiger partial charge in [0.25, 0.3) is 0 Å². The highest BCUT2D eigenvalue weighted by Gasteiger charge is 2.23. The number of rotatable bonds is 3. The van der Waals surface area contributed by atoms with E-state index in [9.17, 15) is 4.79 Å². The van der Waals surface area contributed by atoms with Crippen LogP contribution in [0.2, 0.25) is 0 Å². The standard InChI is InChI=1S/C20H21N5O/c1-13-9-15(8-7-14(13)11-21)23-19-10-17-18(12-22-19)24(2)20(26)25(17)16-5-3-4-6-16/h7-10,12,16H,3-6H2,1-2H3,(H,22,23). The van der Waals surface area contributed by atoms with Crippen molar-refractivity contribution < 1.29 is 0 Å². The number of aromatic nitrogens is 3. The largest absolute Gasteiger partial charge is 0.340 e. The Bertz CT molecular complexity index is 1080. The van der Waals surface area contributed by atoms with Crippen molar-refractivity contribution in [3.8, 4) is 6.07 Å². The van der Waals surface area contributed by atoms with Crippen molar-refractivity contribution in [1.82, 2.24) is 14.1 Å². The lowest BCUT2D eigenvalue weighted by molar-refractivity contribution is 0.509. The van der Waals surface area contributed by atoms with Crippen LogP contribution in [-0.2, 0) is 7.05 Å². The van der Waals surface area contributed by atoms with Gasteiger partial charge in [-0.3, -0.25) is 9.13 Å². The van der Waals surface area contributed by atoms with E-state index in [0.29, 0.717) is 11.4 Å². The summed E-state index contributed by atoms with van der Waals surface area (Å²) in [6.07, 6.45) is 6.21. The fourth-order valence-electron chi connectivity index (χ4n) is 3.86. The van der Waals surface area contributed by atoms with Crippen molar-refractivity contribution in [3.63, 3.8) is 0 Å². The number of nitrogens with zero attached hydrogens (tertiary/aromatic N) is 4. The third-order valence-electron chi connectivity index (χ3n) is 5.28. The fraction of sp³-hybridized carbons (Fsp3) is 0.350. The summed E-state index contributed by atoms with van der Waals surface area (Å²) in [5.41, 5.74) is 4.26. The van der Waals surface area contributed by atoms with Crippen LogP contribution in [0.1, 0.15) is 42.9 Å². The summed E-state index contributed by atoms with van der Waals surface area (Å²) in [7, 11) is 1.80. The van der Waals surface area contributed by atoms with E-state index in [1.807, 2.05) is 29.7 Å². The monoisotopic (exact) mass is 347 g/mol. The van der Waals surface area contributed by atoms with Crippen molar-refractivity contribution in [3.05, 3.63) is 52.1 Å². The van der Waals surface area contributed by atoms with E-state index in [0.717, 1.165) is 35.1 Å². The molecule has 0 aliphatic heterocycles. The van der Waals surface area contributed by atoms with Crippen LogP contribution in [0.15, 0.2) is 35.3 Å². The van der Waals surface area contributed by atoms with Gasteiger partial charge in [0.2, 0.25) is 0 Å². The molecule has 0 saturated heterocycles. The molecular formula is C20H21N5O. The first-order valence-corrected chi connectivity index (χ1v) is 8.93. The minimum atomic E-state index is 0.0278. The number of imidazole rings is 1. The predicted octanol–water partition coefficient (Wildman–Crippen LogP) is 3.77. The van der Waals surface area contributed by atoms with Crippen LogP contribution in [0.5, 0.6) is 0 Å². The number of benzene rings is 1. The maximum absolute atomic E-state index is 12.7. The van der Waals surface area contributed by atoms with E-state index < -0.39 is 0 Å². The summed E-state index contributed by atoms with van der Waals surface area (Å²) >= 11 is 0. The molecule has 1 N–H and O–H groups in total. The van der Waals surface area contributed by atoms with Gasteiger partial charge in [-0.25, -0.2) is 9.78 Å². The number of nitrogens with one attached hydrogen (secondary N) is 1. The smallest absolute Gasteiger partial charge is 0.329 e. The molecule has 1 saturated carbocycles. The molecule has 0 unspecified atom stereocenters. The molecule has 0 spiro atoms.